The van der Waals surface area contributed by atoms with E-state index in [2.05, 4.69) is 5.32 Å². The van der Waals surface area contributed by atoms with E-state index >= 15 is 0 Å². The number of alkyl halides is 3. The Morgan fingerprint density at radius 2 is 1.84 bits per heavy atom. The molecule has 2 aromatic carbocycles. The third-order valence-electron chi connectivity index (χ3n) is 3.41. The molecule has 0 atom stereocenters. The van der Waals surface area contributed by atoms with Gasteiger partial charge < -0.3 is 10.1 Å². The molecule has 0 fully saturated rings. The topological polar surface area (TPSA) is 38.3 Å². The van der Waals surface area contributed by atoms with Gasteiger partial charge in [0.25, 0.3) is 5.91 Å². The molecule has 25 heavy (non-hydrogen) atoms. The summed E-state index contributed by atoms with van der Waals surface area (Å²) in [5.41, 5.74) is 0.298. The molecule has 0 spiro atoms. The lowest BCUT2D eigenvalue weighted by Crippen LogP contribution is -2.29. The van der Waals surface area contributed by atoms with Crippen LogP contribution in [0.25, 0.3) is 0 Å². The first-order chi connectivity index (χ1) is 11.8. The minimum absolute atomic E-state index is 0.00568. The molecule has 0 aliphatic carbocycles. The second-order valence-electron chi connectivity index (χ2n) is 5.39. The summed E-state index contributed by atoms with van der Waals surface area (Å²) >= 11 is 5.80. The maximum Gasteiger partial charge on any atom is 0.416 e. The number of hydrogen-bond acceptors (Lipinski definition) is 2. The van der Waals surface area contributed by atoms with E-state index in [9.17, 15) is 18.0 Å². The Hall–Kier alpha value is -2.21. The van der Waals surface area contributed by atoms with E-state index in [1.54, 1.807) is 12.1 Å². The fourth-order valence-electron chi connectivity index (χ4n) is 2.13. The molecule has 2 rings (SSSR count). The maximum atomic E-state index is 12.6. The molecule has 2 aromatic rings. The highest BCUT2D eigenvalue weighted by Crippen LogP contribution is 2.31. The van der Waals surface area contributed by atoms with Crippen molar-refractivity contribution in [2.24, 2.45) is 0 Å². The number of halogens is 4. The van der Waals surface area contributed by atoms with Crippen LogP contribution in [0.4, 0.5) is 13.2 Å². The number of carbonyl (C=O) groups is 1. The molecule has 0 radical (unpaired) electrons. The van der Waals surface area contributed by atoms with E-state index in [0.29, 0.717) is 11.6 Å². The molecule has 0 saturated carbocycles. The SMILES string of the molecule is O=C(COc1cccc(C(F)(F)F)c1)NCCCc1ccc(Cl)cc1. The summed E-state index contributed by atoms with van der Waals surface area (Å²) in [6, 6.07) is 11.9. The molecular formula is C18H17ClF3NO2. The third-order valence-corrected chi connectivity index (χ3v) is 3.66. The Bertz CT molecular complexity index is 702. The normalized spacial score (nSPS) is 11.2. The van der Waals surface area contributed by atoms with Crippen LogP contribution in [0, 0.1) is 0 Å². The minimum Gasteiger partial charge on any atom is -0.484 e. The largest absolute Gasteiger partial charge is 0.484 e. The highest BCUT2D eigenvalue weighted by atomic mass is 35.5. The molecule has 1 N–H and O–H groups in total. The van der Waals surface area contributed by atoms with Crippen molar-refractivity contribution in [2.75, 3.05) is 13.2 Å². The van der Waals surface area contributed by atoms with Crippen LogP contribution in [-0.2, 0) is 17.4 Å². The van der Waals surface area contributed by atoms with Gasteiger partial charge in [0.15, 0.2) is 6.61 Å². The van der Waals surface area contributed by atoms with Crippen molar-refractivity contribution in [3.05, 3.63) is 64.7 Å². The number of rotatable bonds is 7. The van der Waals surface area contributed by atoms with E-state index in [4.69, 9.17) is 16.3 Å². The molecule has 1 amide bonds. The summed E-state index contributed by atoms with van der Waals surface area (Å²) in [6.07, 6.45) is -2.92. The van der Waals surface area contributed by atoms with Crippen molar-refractivity contribution in [2.45, 2.75) is 19.0 Å². The zero-order valence-electron chi connectivity index (χ0n) is 13.3. The number of hydrogen-bond donors (Lipinski definition) is 1. The number of carbonyl (C=O) groups excluding carboxylic acids is 1. The van der Waals surface area contributed by atoms with Crippen molar-refractivity contribution in [3.8, 4) is 5.75 Å². The van der Waals surface area contributed by atoms with Gasteiger partial charge in [-0.25, -0.2) is 0 Å². The second kappa shape index (κ2) is 8.76. The van der Waals surface area contributed by atoms with Gasteiger partial charge in [0.05, 0.1) is 5.56 Å². The van der Waals surface area contributed by atoms with E-state index in [1.807, 2.05) is 12.1 Å². The van der Waals surface area contributed by atoms with Gasteiger partial charge >= 0.3 is 6.18 Å². The molecule has 0 unspecified atom stereocenters. The average molecular weight is 372 g/mol. The predicted octanol–water partition coefficient (Wildman–Crippen LogP) is 4.49. The Morgan fingerprint density at radius 1 is 1.12 bits per heavy atom. The lowest BCUT2D eigenvalue weighted by atomic mass is 10.1. The predicted molar refractivity (Wildman–Crippen MR) is 89.7 cm³/mol. The number of benzene rings is 2. The van der Waals surface area contributed by atoms with Crippen LogP contribution >= 0.6 is 11.6 Å². The first-order valence-corrected chi connectivity index (χ1v) is 8.03. The van der Waals surface area contributed by atoms with Gasteiger partial charge in [0.1, 0.15) is 5.75 Å². The quantitative estimate of drug-likeness (QED) is 0.728. The van der Waals surface area contributed by atoms with Crippen LogP contribution in [0.2, 0.25) is 5.02 Å². The first-order valence-electron chi connectivity index (χ1n) is 7.66. The summed E-state index contributed by atoms with van der Waals surface area (Å²) in [4.78, 5) is 11.7. The lowest BCUT2D eigenvalue weighted by molar-refractivity contribution is -0.137. The highest BCUT2D eigenvalue weighted by Gasteiger charge is 2.30. The van der Waals surface area contributed by atoms with Crippen LogP contribution in [0.1, 0.15) is 17.5 Å². The van der Waals surface area contributed by atoms with Gasteiger partial charge in [0, 0.05) is 11.6 Å². The molecule has 0 aliphatic heterocycles. The molecule has 3 nitrogen and oxygen atoms in total. The summed E-state index contributed by atoms with van der Waals surface area (Å²) in [5.74, 6) is -0.375. The Morgan fingerprint density at radius 3 is 2.52 bits per heavy atom. The monoisotopic (exact) mass is 371 g/mol. The first kappa shape index (κ1) is 19.1. The Kier molecular flexibility index (Phi) is 6.70. The van der Waals surface area contributed by atoms with Crippen molar-refractivity contribution >= 4 is 17.5 Å². The van der Waals surface area contributed by atoms with E-state index in [1.165, 1.54) is 12.1 Å². The van der Waals surface area contributed by atoms with Crippen LogP contribution < -0.4 is 10.1 Å². The second-order valence-corrected chi connectivity index (χ2v) is 5.83. The minimum atomic E-state index is -4.44. The number of nitrogens with one attached hydrogen (secondary N) is 1. The maximum absolute atomic E-state index is 12.6. The smallest absolute Gasteiger partial charge is 0.416 e. The lowest BCUT2D eigenvalue weighted by Gasteiger charge is -2.10. The van der Waals surface area contributed by atoms with Crippen molar-refractivity contribution < 1.29 is 22.7 Å². The van der Waals surface area contributed by atoms with Gasteiger partial charge in [0.2, 0.25) is 0 Å². The molecule has 0 aromatic heterocycles. The molecule has 0 aliphatic rings. The molecule has 0 heterocycles. The molecule has 7 heteroatoms. The molecule has 0 saturated heterocycles. The van der Waals surface area contributed by atoms with Gasteiger partial charge in [-0.05, 0) is 48.7 Å². The Labute approximate surface area is 148 Å². The van der Waals surface area contributed by atoms with Crippen molar-refractivity contribution in [3.63, 3.8) is 0 Å². The fourth-order valence-corrected chi connectivity index (χ4v) is 2.26. The number of amides is 1. The van der Waals surface area contributed by atoms with Crippen LogP contribution in [-0.4, -0.2) is 19.1 Å². The van der Waals surface area contributed by atoms with Crippen molar-refractivity contribution in [1.82, 2.24) is 5.32 Å². The fraction of sp³-hybridized carbons (Fsp3) is 0.278. The Balaban J connectivity index is 1.69. The van der Waals surface area contributed by atoms with Gasteiger partial charge in [-0.15, -0.1) is 0 Å². The zero-order valence-corrected chi connectivity index (χ0v) is 14.0. The number of aryl methyl sites for hydroxylation is 1. The van der Waals surface area contributed by atoms with Gasteiger partial charge in [-0.2, -0.15) is 13.2 Å². The highest BCUT2D eigenvalue weighted by molar-refractivity contribution is 6.30. The third kappa shape index (κ3) is 6.66. The standard InChI is InChI=1S/C18H17ClF3NO2/c19-15-8-6-13(7-9-15)3-2-10-23-17(24)12-25-16-5-1-4-14(11-16)18(20,21)22/h1,4-9,11H,2-3,10,12H2,(H,23,24). The van der Waals surface area contributed by atoms with E-state index in [0.717, 1.165) is 30.5 Å². The summed E-state index contributed by atoms with van der Waals surface area (Å²) in [6.45, 7) is 0.121. The van der Waals surface area contributed by atoms with Gasteiger partial charge in [-0.3, -0.25) is 4.79 Å². The zero-order chi connectivity index (χ0) is 18.3. The van der Waals surface area contributed by atoms with Crippen molar-refractivity contribution in [1.29, 1.82) is 0 Å². The van der Waals surface area contributed by atoms with Crippen LogP contribution in [0.3, 0.4) is 0 Å². The summed E-state index contributed by atoms with van der Waals surface area (Å²) in [5, 5.41) is 3.34. The van der Waals surface area contributed by atoms with E-state index < -0.39 is 11.7 Å². The van der Waals surface area contributed by atoms with Crippen LogP contribution in [0.15, 0.2) is 48.5 Å². The van der Waals surface area contributed by atoms with Gasteiger partial charge in [-0.1, -0.05) is 29.8 Å². The van der Waals surface area contributed by atoms with Crippen LogP contribution in [0.5, 0.6) is 5.75 Å². The molecule has 134 valence electrons. The molecular weight excluding hydrogens is 355 g/mol. The van der Waals surface area contributed by atoms with E-state index in [-0.39, 0.29) is 18.3 Å². The number of ether oxygens (including phenoxy) is 1. The average Bonchev–Trinajstić information content (AvgIpc) is 2.58. The summed E-state index contributed by atoms with van der Waals surface area (Å²) in [7, 11) is 0. The molecule has 0 bridgehead atoms. The summed E-state index contributed by atoms with van der Waals surface area (Å²) < 4.78 is 42.9.